The molecule has 12 heteroatoms. The first-order valence-corrected chi connectivity index (χ1v) is 9.47. The highest BCUT2D eigenvalue weighted by atomic mass is 19.3. The molecule has 3 rings (SSSR count). The maximum Gasteiger partial charge on any atom is 0.387 e. The SMILES string of the molecule is C=N/C=C(F)\C(=N/CN1CCOCC1)Nc1cc(-c2ccc(OC(F)F)cc2F)cnn1. The first kappa shape index (κ1) is 23.3. The van der Waals surface area contributed by atoms with Crippen LogP contribution in [-0.2, 0) is 4.74 Å². The van der Waals surface area contributed by atoms with E-state index in [0.717, 1.165) is 12.3 Å². The van der Waals surface area contributed by atoms with Gasteiger partial charge in [-0.2, -0.15) is 13.9 Å². The summed E-state index contributed by atoms with van der Waals surface area (Å²) in [6.45, 7) is 2.79. The van der Waals surface area contributed by atoms with Gasteiger partial charge in [0.25, 0.3) is 0 Å². The topological polar surface area (TPSA) is 84.2 Å². The summed E-state index contributed by atoms with van der Waals surface area (Å²) in [5.74, 6) is -1.96. The van der Waals surface area contributed by atoms with Crippen molar-refractivity contribution in [3.05, 3.63) is 48.3 Å². The van der Waals surface area contributed by atoms with Gasteiger partial charge in [0, 0.05) is 30.3 Å². The smallest absolute Gasteiger partial charge is 0.387 e. The van der Waals surface area contributed by atoms with E-state index in [-0.39, 0.29) is 35.2 Å². The van der Waals surface area contributed by atoms with Gasteiger partial charge < -0.3 is 14.8 Å². The van der Waals surface area contributed by atoms with E-state index in [4.69, 9.17) is 4.74 Å². The Hall–Kier alpha value is -3.38. The number of alkyl halides is 2. The van der Waals surface area contributed by atoms with Gasteiger partial charge in [-0.15, -0.1) is 5.10 Å². The summed E-state index contributed by atoms with van der Waals surface area (Å²) in [7, 11) is 0. The molecular formula is C20H20F4N6O2. The zero-order chi connectivity index (χ0) is 22.9. The number of nitrogens with zero attached hydrogens (tertiary/aromatic N) is 5. The van der Waals surface area contributed by atoms with Gasteiger partial charge in [-0.05, 0) is 24.9 Å². The quantitative estimate of drug-likeness (QED) is 0.375. The van der Waals surface area contributed by atoms with E-state index in [9.17, 15) is 17.6 Å². The number of hydrogen-bond acceptors (Lipinski definition) is 7. The van der Waals surface area contributed by atoms with Crippen molar-refractivity contribution in [3.8, 4) is 16.9 Å². The molecule has 0 unspecified atom stereocenters. The second kappa shape index (κ2) is 11.3. The molecule has 2 aromatic rings. The molecule has 2 heterocycles. The fraction of sp³-hybridized carbons (Fsp3) is 0.300. The highest BCUT2D eigenvalue weighted by Gasteiger charge is 2.15. The summed E-state index contributed by atoms with van der Waals surface area (Å²) >= 11 is 0. The molecule has 0 aliphatic carbocycles. The Labute approximate surface area is 181 Å². The third kappa shape index (κ3) is 6.56. The zero-order valence-electron chi connectivity index (χ0n) is 16.8. The summed E-state index contributed by atoms with van der Waals surface area (Å²) in [5, 5.41) is 10.4. The Morgan fingerprint density at radius 3 is 2.78 bits per heavy atom. The Bertz CT molecular complexity index is 996. The molecular weight excluding hydrogens is 432 g/mol. The predicted octanol–water partition coefficient (Wildman–Crippen LogP) is 3.50. The van der Waals surface area contributed by atoms with Gasteiger partial charge in [0.15, 0.2) is 17.5 Å². The van der Waals surface area contributed by atoms with Crippen LogP contribution in [-0.4, -0.2) is 67.2 Å². The molecule has 0 radical (unpaired) electrons. The van der Waals surface area contributed by atoms with E-state index in [1.165, 1.54) is 24.4 Å². The number of rotatable bonds is 8. The Morgan fingerprint density at radius 1 is 1.31 bits per heavy atom. The highest BCUT2D eigenvalue weighted by Crippen LogP contribution is 2.27. The van der Waals surface area contributed by atoms with Crippen LogP contribution in [0.4, 0.5) is 23.4 Å². The monoisotopic (exact) mass is 452 g/mol. The number of morpholine rings is 1. The van der Waals surface area contributed by atoms with Crippen LogP contribution in [0.3, 0.4) is 0 Å². The van der Waals surface area contributed by atoms with Crippen molar-refractivity contribution in [1.82, 2.24) is 15.1 Å². The lowest BCUT2D eigenvalue weighted by atomic mass is 10.1. The van der Waals surface area contributed by atoms with Crippen molar-refractivity contribution in [2.45, 2.75) is 6.61 Å². The minimum absolute atomic E-state index is 0.0696. The van der Waals surface area contributed by atoms with Gasteiger partial charge in [0.05, 0.1) is 32.3 Å². The normalized spacial score (nSPS) is 15.7. The third-order valence-electron chi connectivity index (χ3n) is 4.34. The molecule has 1 N–H and O–H groups in total. The zero-order valence-corrected chi connectivity index (χ0v) is 16.8. The third-order valence-corrected chi connectivity index (χ3v) is 4.34. The molecule has 1 aliphatic rings. The summed E-state index contributed by atoms with van der Waals surface area (Å²) in [4.78, 5) is 9.61. The average molecular weight is 452 g/mol. The summed E-state index contributed by atoms with van der Waals surface area (Å²) < 4.78 is 63.0. The minimum Gasteiger partial charge on any atom is -0.435 e. The van der Waals surface area contributed by atoms with Crippen LogP contribution in [0.5, 0.6) is 5.75 Å². The Kier molecular flexibility index (Phi) is 8.22. The lowest BCUT2D eigenvalue weighted by Crippen LogP contribution is -2.36. The van der Waals surface area contributed by atoms with E-state index in [0.29, 0.717) is 26.3 Å². The maximum absolute atomic E-state index is 14.5. The van der Waals surface area contributed by atoms with Gasteiger partial charge in [-0.25, -0.2) is 13.8 Å². The summed E-state index contributed by atoms with van der Waals surface area (Å²) in [6, 6.07) is 4.72. The van der Waals surface area contributed by atoms with E-state index >= 15 is 0 Å². The second-order valence-corrected chi connectivity index (χ2v) is 6.51. The molecule has 1 saturated heterocycles. The van der Waals surface area contributed by atoms with E-state index in [2.05, 4.69) is 37.0 Å². The van der Waals surface area contributed by atoms with Crippen molar-refractivity contribution in [2.24, 2.45) is 9.98 Å². The number of amidine groups is 1. The standard InChI is InChI=1S/C20H20F4N6O2/c1-25-11-17(22)19(26-12-30-4-6-31-7-5-30)28-18-8-13(10-27-29-18)15-3-2-14(9-16(15)21)32-20(23)24/h2-3,8-11,20H,1,4-7,12H2,(H,26,28,29)/b17-11+. The van der Waals surface area contributed by atoms with Crippen molar-refractivity contribution < 1.29 is 27.0 Å². The van der Waals surface area contributed by atoms with Crippen LogP contribution in [0.25, 0.3) is 11.1 Å². The van der Waals surface area contributed by atoms with Crippen molar-refractivity contribution >= 4 is 18.4 Å². The number of aliphatic imine (C=N–C) groups is 2. The second-order valence-electron chi connectivity index (χ2n) is 6.51. The number of anilines is 1. The fourth-order valence-corrected chi connectivity index (χ4v) is 2.83. The molecule has 1 fully saturated rings. The number of ether oxygens (including phenoxy) is 2. The van der Waals surface area contributed by atoms with Gasteiger partial charge in [0.1, 0.15) is 11.6 Å². The van der Waals surface area contributed by atoms with Crippen molar-refractivity contribution in [2.75, 3.05) is 38.3 Å². The number of halogens is 4. The Balaban J connectivity index is 1.81. The molecule has 1 aliphatic heterocycles. The van der Waals surface area contributed by atoms with Crippen LogP contribution >= 0.6 is 0 Å². The molecule has 0 bridgehead atoms. The fourth-order valence-electron chi connectivity index (χ4n) is 2.83. The van der Waals surface area contributed by atoms with Crippen molar-refractivity contribution in [1.29, 1.82) is 0 Å². The molecule has 0 saturated carbocycles. The summed E-state index contributed by atoms with van der Waals surface area (Å²) in [5.41, 5.74) is 0.350. The first-order valence-electron chi connectivity index (χ1n) is 9.47. The number of hydrogen-bond donors (Lipinski definition) is 1. The van der Waals surface area contributed by atoms with Gasteiger partial charge in [-0.1, -0.05) is 0 Å². The first-order chi connectivity index (χ1) is 15.5. The maximum atomic E-state index is 14.5. The molecule has 1 aromatic heterocycles. The summed E-state index contributed by atoms with van der Waals surface area (Å²) in [6.07, 6.45) is 2.17. The molecule has 170 valence electrons. The average Bonchev–Trinajstić information content (AvgIpc) is 2.77. The number of benzene rings is 1. The number of nitrogens with one attached hydrogen (secondary N) is 1. The van der Waals surface area contributed by atoms with Crippen LogP contribution in [0.2, 0.25) is 0 Å². The lowest BCUT2D eigenvalue weighted by Gasteiger charge is -2.24. The lowest BCUT2D eigenvalue weighted by molar-refractivity contribution is -0.0499. The predicted molar refractivity (Wildman–Crippen MR) is 111 cm³/mol. The van der Waals surface area contributed by atoms with Gasteiger partial charge in [0.2, 0.25) is 0 Å². The van der Waals surface area contributed by atoms with Crippen LogP contribution in [0, 0.1) is 5.82 Å². The van der Waals surface area contributed by atoms with Crippen LogP contribution in [0.15, 0.2) is 52.5 Å². The molecule has 32 heavy (non-hydrogen) atoms. The van der Waals surface area contributed by atoms with Crippen molar-refractivity contribution in [3.63, 3.8) is 0 Å². The van der Waals surface area contributed by atoms with E-state index in [1.807, 2.05) is 4.90 Å². The van der Waals surface area contributed by atoms with Crippen LogP contribution in [0.1, 0.15) is 0 Å². The van der Waals surface area contributed by atoms with E-state index in [1.54, 1.807) is 0 Å². The van der Waals surface area contributed by atoms with Crippen LogP contribution < -0.4 is 10.1 Å². The molecule has 0 spiro atoms. The molecule has 0 amide bonds. The molecule has 0 atom stereocenters. The molecule has 1 aromatic carbocycles. The van der Waals surface area contributed by atoms with E-state index < -0.39 is 18.3 Å². The van der Waals surface area contributed by atoms with Gasteiger partial charge in [-0.3, -0.25) is 9.89 Å². The van der Waals surface area contributed by atoms with Gasteiger partial charge >= 0.3 is 6.61 Å². The largest absolute Gasteiger partial charge is 0.435 e. The Morgan fingerprint density at radius 2 is 2.09 bits per heavy atom. The minimum atomic E-state index is -3.07. The molecule has 8 nitrogen and oxygen atoms in total. The highest BCUT2D eigenvalue weighted by molar-refractivity contribution is 6.06. The number of aromatic nitrogens is 2.